The Morgan fingerprint density at radius 1 is 1.35 bits per heavy atom. The Bertz CT molecular complexity index is 354. The molecule has 94 valence electrons. The van der Waals surface area contributed by atoms with Crippen molar-refractivity contribution < 1.29 is 4.79 Å². The Hall–Kier alpha value is -1.78. The van der Waals surface area contributed by atoms with Crippen molar-refractivity contribution >= 4 is 17.4 Å². The number of carbonyl (C=O) groups excluding carboxylic acids is 1. The molecule has 0 atom stereocenters. The van der Waals surface area contributed by atoms with Crippen LogP contribution in [0.1, 0.15) is 19.8 Å². The van der Waals surface area contributed by atoms with Gasteiger partial charge >= 0.3 is 0 Å². The molecular weight excluding hydrogens is 216 g/mol. The van der Waals surface area contributed by atoms with Gasteiger partial charge < -0.3 is 16.0 Å². The molecular formula is C12H20N4O. The summed E-state index contributed by atoms with van der Waals surface area (Å²) in [4.78, 5) is 15.2. The summed E-state index contributed by atoms with van der Waals surface area (Å²) in [6.07, 6.45) is 3.28. The van der Waals surface area contributed by atoms with E-state index in [9.17, 15) is 4.79 Å². The van der Waals surface area contributed by atoms with E-state index in [1.54, 1.807) is 13.2 Å². The molecule has 0 bridgehead atoms. The van der Waals surface area contributed by atoms with Crippen molar-refractivity contribution in [1.29, 1.82) is 0 Å². The van der Waals surface area contributed by atoms with Gasteiger partial charge in [0, 0.05) is 44.5 Å². The second-order valence-electron chi connectivity index (χ2n) is 3.71. The number of pyridine rings is 1. The first-order valence-electron chi connectivity index (χ1n) is 5.90. The second-order valence-corrected chi connectivity index (χ2v) is 3.71. The van der Waals surface area contributed by atoms with Crippen LogP contribution in [0, 0.1) is 0 Å². The molecule has 0 aliphatic carbocycles. The van der Waals surface area contributed by atoms with Crippen LogP contribution in [0.2, 0.25) is 0 Å². The van der Waals surface area contributed by atoms with Crippen molar-refractivity contribution in [3.63, 3.8) is 0 Å². The predicted octanol–water partition coefficient (Wildman–Crippen LogP) is 1.45. The summed E-state index contributed by atoms with van der Waals surface area (Å²) in [5.41, 5.74) is 0.975. The monoisotopic (exact) mass is 236 g/mol. The van der Waals surface area contributed by atoms with E-state index >= 15 is 0 Å². The fourth-order valence-corrected chi connectivity index (χ4v) is 1.34. The zero-order valence-electron chi connectivity index (χ0n) is 10.4. The average molecular weight is 236 g/mol. The Morgan fingerprint density at radius 3 is 2.88 bits per heavy atom. The van der Waals surface area contributed by atoms with Crippen molar-refractivity contribution in [1.82, 2.24) is 10.3 Å². The maximum atomic E-state index is 11.0. The van der Waals surface area contributed by atoms with Gasteiger partial charge in [0.15, 0.2) is 0 Å². The Kier molecular flexibility index (Phi) is 5.85. The fraction of sp³-hybridized carbons (Fsp3) is 0.500. The highest BCUT2D eigenvalue weighted by Gasteiger charge is 1.99. The van der Waals surface area contributed by atoms with E-state index in [1.807, 2.05) is 12.1 Å². The lowest BCUT2D eigenvalue weighted by Gasteiger charge is -2.08. The van der Waals surface area contributed by atoms with E-state index in [1.165, 1.54) is 0 Å². The molecule has 17 heavy (non-hydrogen) atoms. The fourth-order valence-electron chi connectivity index (χ4n) is 1.34. The second kappa shape index (κ2) is 7.49. The number of hydrogen-bond acceptors (Lipinski definition) is 4. The van der Waals surface area contributed by atoms with Crippen LogP contribution in [0.4, 0.5) is 11.5 Å². The van der Waals surface area contributed by atoms with Crippen LogP contribution in [-0.4, -0.2) is 31.0 Å². The Morgan fingerprint density at radius 2 is 2.18 bits per heavy atom. The molecule has 1 aromatic heterocycles. The molecule has 1 aromatic rings. The molecule has 5 nitrogen and oxygen atoms in total. The van der Waals surface area contributed by atoms with Gasteiger partial charge in [0.1, 0.15) is 5.82 Å². The van der Waals surface area contributed by atoms with Gasteiger partial charge in [0.2, 0.25) is 5.91 Å². The lowest BCUT2D eigenvalue weighted by atomic mass is 10.3. The van der Waals surface area contributed by atoms with E-state index in [0.717, 1.165) is 24.5 Å². The topological polar surface area (TPSA) is 66.0 Å². The van der Waals surface area contributed by atoms with Crippen molar-refractivity contribution in [3.8, 4) is 0 Å². The summed E-state index contributed by atoms with van der Waals surface area (Å²) >= 11 is 0. The SMILES string of the molecule is CCCNc1cc(NCCC(=O)NC)ccn1. The van der Waals surface area contributed by atoms with Crippen molar-refractivity contribution in [2.24, 2.45) is 0 Å². The molecule has 1 heterocycles. The van der Waals surface area contributed by atoms with Crippen LogP contribution in [-0.2, 0) is 4.79 Å². The zero-order chi connectivity index (χ0) is 12.5. The van der Waals surface area contributed by atoms with Crippen LogP contribution < -0.4 is 16.0 Å². The van der Waals surface area contributed by atoms with E-state index < -0.39 is 0 Å². The average Bonchev–Trinajstić information content (AvgIpc) is 2.36. The van der Waals surface area contributed by atoms with E-state index in [-0.39, 0.29) is 5.91 Å². The molecule has 0 aromatic carbocycles. The quantitative estimate of drug-likeness (QED) is 0.670. The number of nitrogens with zero attached hydrogens (tertiary/aromatic N) is 1. The van der Waals surface area contributed by atoms with Crippen LogP contribution in [0.15, 0.2) is 18.3 Å². The summed E-state index contributed by atoms with van der Waals surface area (Å²) in [7, 11) is 1.64. The lowest BCUT2D eigenvalue weighted by Crippen LogP contribution is -2.20. The van der Waals surface area contributed by atoms with Gasteiger partial charge in [-0.05, 0) is 12.5 Å². The first-order valence-corrected chi connectivity index (χ1v) is 5.90. The van der Waals surface area contributed by atoms with Gasteiger partial charge in [-0.1, -0.05) is 6.92 Å². The predicted molar refractivity (Wildman–Crippen MR) is 70.2 cm³/mol. The van der Waals surface area contributed by atoms with E-state index in [0.29, 0.717) is 13.0 Å². The highest BCUT2D eigenvalue weighted by molar-refractivity contribution is 5.76. The zero-order valence-corrected chi connectivity index (χ0v) is 10.4. The van der Waals surface area contributed by atoms with Crippen molar-refractivity contribution in [3.05, 3.63) is 18.3 Å². The number of carbonyl (C=O) groups is 1. The number of anilines is 2. The first-order chi connectivity index (χ1) is 8.26. The molecule has 1 amide bonds. The van der Waals surface area contributed by atoms with Gasteiger partial charge in [-0.15, -0.1) is 0 Å². The molecule has 3 N–H and O–H groups in total. The third-order valence-corrected chi connectivity index (χ3v) is 2.28. The third kappa shape index (κ3) is 5.19. The van der Waals surface area contributed by atoms with Crippen LogP contribution >= 0.6 is 0 Å². The molecule has 0 spiro atoms. The summed E-state index contributed by atoms with van der Waals surface area (Å²) < 4.78 is 0. The summed E-state index contributed by atoms with van der Waals surface area (Å²) in [5.74, 6) is 0.896. The number of hydrogen-bond donors (Lipinski definition) is 3. The van der Waals surface area contributed by atoms with Crippen LogP contribution in [0.25, 0.3) is 0 Å². The minimum absolute atomic E-state index is 0.0379. The normalized spacial score (nSPS) is 9.76. The van der Waals surface area contributed by atoms with Gasteiger partial charge in [-0.3, -0.25) is 4.79 Å². The smallest absolute Gasteiger partial charge is 0.221 e. The molecule has 1 rings (SSSR count). The van der Waals surface area contributed by atoms with Crippen LogP contribution in [0.5, 0.6) is 0 Å². The molecule has 0 aliphatic heterocycles. The number of aromatic nitrogens is 1. The maximum Gasteiger partial charge on any atom is 0.221 e. The van der Waals surface area contributed by atoms with E-state index in [4.69, 9.17) is 0 Å². The number of nitrogens with one attached hydrogen (secondary N) is 3. The summed E-state index contributed by atoms with van der Waals surface area (Å²) in [6, 6.07) is 3.83. The molecule has 0 fully saturated rings. The Balaban J connectivity index is 2.40. The highest BCUT2D eigenvalue weighted by Crippen LogP contribution is 2.11. The largest absolute Gasteiger partial charge is 0.384 e. The maximum absolute atomic E-state index is 11.0. The van der Waals surface area contributed by atoms with Gasteiger partial charge in [-0.2, -0.15) is 0 Å². The van der Waals surface area contributed by atoms with E-state index in [2.05, 4.69) is 27.9 Å². The van der Waals surface area contributed by atoms with Gasteiger partial charge in [-0.25, -0.2) is 4.98 Å². The molecule has 5 heteroatoms. The molecule has 0 aliphatic rings. The van der Waals surface area contributed by atoms with Gasteiger partial charge in [0.05, 0.1) is 0 Å². The van der Waals surface area contributed by atoms with Crippen LogP contribution in [0.3, 0.4) is 0 Å². The summed E-state index contributed by atoms with van der Waals surface area (Å²) in [6.45, 7) is 3.64. The first kappa shape index (κ1) is 13.3. The van der Waals surface area contributed by atoms with Gasteiger partial charge in [0.25, 0.3) is 0 Å². The van der Waals surface area contributed by atoms with Crippen molar-refractivity contribution in [2.75, 3.05) is 30.8 Å². The Labute approximate surface area is 102 Å². The molecule has 0 saturated heterocycles. The number of amides is 1. The highest BCUT2D eigenvalue weighted by atomic mass is 16.1. The summed E-state index contributed by atoms with van der Waals surface area (Å²) in [5, 5.41) is 8.99. The number of rotatable bonds is 7. The molecule has 0 saturated carbocycles. The third-order valence-electron chi connectivity index (χ3n) is 2.28. The molecule has 0 unspecified atom stereocenters. The van der Waals surface area contributed by atoms with Crippen molar-refractivity contribution in [2.45, 2.75) is 19.8 Å². The lowest BCUT2D eigenvalue weighted by molar-refractivity contribution is -0.120. The standard InChI is InChI=1S/C12H20N4O/c1-3-6-15-11-9-10(4-7-16-11)14-8-5-12(17)13-2/h4,7,9H,3,5-6,8H2,1-2H3,(H,13,17)(H2,14,15,16). The minimum atomic E-state index is 0.0379. The minimum Gasteiger partial charge on any atom is -0.384 e. The molecule has 0 radical (unpaired) electrons.